The third-order valence-corrected chi connectivity index (χ3v) is 2.94. The van der Waals surface area contributed by atoms with Gasteiger partial charge in [-0.1, -0.05) is 6.07 Å². The minimum Gasteiger partial charge on any atom is -0.493 e. The van der Waals surface area contributed by atoms with Crippen molar-refractivity contribution in [2.75, 3.05) is 7.11 Å². The largest absolute Gasteiger partial charge is 0.493 e. The number of nitriles is 1. The van der Waals surface area contributed by atoms with E-state index in [1.54, 1.807) is 7.11 Å². The Balaban J connectivity index is 2.80. The average Bonchev–Trinajstić information content (AvgIpc) is 2.68. The molecule has 3 nitrogen and oxygen atoms in total. The van der Waals surface area contributed by atoms with Gasteiger partial charge < -0.3 is 9.15 Å². The van der Waals surface area contributed by atoms with E-state index >= 15 is 0 Å². The van der Waals surface area contributed by atoms with Crippen molar-refractivity contribution in [3.8, 4) is 11.8 Å². The average molecular weight is 229 g/mol. The van der Waals surface area contributed by atoms with Crippen molar-refractivity contribution in [3.05, 3.63) is 29.5 Å². The van der Waals surface area contributed by atoms with Crippen molar-refractivity contribution >= 4 is 11.0 Å². The zero-order valence-corrected chi connectivity index (χ0v) is 10.5. The van der Waals surface area contributed by atoms with E-state index in [1.807, 2.05) is 39.0 Å². The minimum absolute atomic E-state index is 0.541. The Morgan fingerprint density at radius 1 is 1.35 bits per heavy atom. The number of aryl methyl sites for hydroxylation is 1. The molecule has 0 aliphatic carbocycles. The summed E-state index contributed by atoms with van der Waals surface area (Å²) in [5.41, 5.74) is 1.14. The zero-order valence-electron chi connectivity index (χ0n) is 10.5. The molecule has 0 saturated carbocycles. The van der Waals surface area contributed by atoms with Gasteiger partial charge in [-0.15, -0.1) is 0 Å². The Labute approximate surface area is 101 Å². The molecule has 0 bridgehead atoms. The molecule has 0 atom stereocenters. The number of rotatable bonds is 2. The monoisotopic (exact) mass is 229 g/mol. The molecule has 0 aliphatic heterocycles. The summed E-state index contributed by atoms with van der Waals surface area (Å²) in [6.07, 6.45) is 0. The molecule has 17 heavy (non-hydrogen) atoms. The van der Waals surface area contributed by atoms with Gasteiger partial charge in [0.1, 0.15) is 5.76 Å². The standard InChI is InChI=1S/C14H15NO2/c1-9-7-10-11(14(2,3)8-15)5-6-12(16-4)13(10)17-9/h5-7H,1-4H3. The van der Waals surface area contributed by atoms with Gasteiger partial charge in [0.25, 0.3) is 0 Å². The first kappa shape index (κ1) is 11.5. The van der Waals surface area contributed by atoms with Crippen LogP contribution < -0.4 is 4.74 Å². The fourth-order valence-electron chi connectivity index (χ4n) is 1.99. The van der Waals surface area contributed by atoms with Crippen LogP contribution in [0.2, 0.25) is 0 Å². The van der Waals surface area contributed by atoms with E-state index in [4.69, 9.17) is 9.15 Å². The Morgan fingerprint density at radius 2 is 2.06 bits per heavy atom. The van der Waals surface area contributed by atoms with E-state index < -0.39 is 5.41 Å². The number of nitrogens with zero attached hydrogens (tertiary/aromatic N) is 1. The summed E-state index contributed by atoms with van der Waals surface area (Å²) < 4.78 is 10.9. The van der Waals surface area contributed by atoms with Gasteiger partial charge in [0, 0.05) is 5.39 Å². The lowest BCUT2D eigenvalue weighted by atomic mass is 9.84. The predicted octanol–water partition coefficient (Wildman–Crippen LogP) is 3.55. The molecule has 2 aromatic rings. The van der Waals surface area contributed by atoms with E-state index in [0.29, 0.717) is 11.3 Å². The SMILES string of the molecule is COc1ccc(C(C)(C)C#N)c2cc(C)oc12. The summed E-state index contributed by atoms with van der Waals surface area (Å²) in [5, 5.41) is 10.2. The molecule has 0 amide bonds. The van der Waals surface area contributed by atoms with Crippen LogP contribution in [-0.4, -0.2) is 7.11 Å². The summed E-state index contributed by atoms with van der Waals surface area (Å²) in [6, 6.07) is 8.04. The topological polar surface area (TPSA) is 46.2 Å². The summed E-state index contributed by atoms with van der Waals surface area (Å²) in [4.78, 5) is 0. The molecule has 0 saturated heterocycles. The van der Waals surface area contributed by atoms with Crippen molar-refractivity contribution in [1.29, 1.82) is 5.26 Å². The third kappa shape index (κ3) is 1.76. The molecule has 3 heteroatoms. The first-order valence-corrected chi connectivity index (χ1v) is 5.48. The normalized spacial score (nSPS) is 11.5. The molecule has 0 spiro atoms. The predicted molar refractivity (Wildman–Crippen MR) is 66.1 cm³/mol. The summed E-state index contributed by atoms with van der Waals surface area (Å²) in [5.74, 6) is 1.52. The number of fused-ring (bicyclic) bond motifs is 1. The second-order valence-corrected chi connectivity index (χ2v) is 4.65. The number of furan rings is 1. The quantitative estimate of drug-likeness (QED) is 0.791. The van der Waals surface area contributed by atoms with Gasteiger partial charge in [-0.2, -0.15) is 5.26 Å². The molecular formula is C14H15NO2. The van der Waals surface area contributed by atoms with Gasteiger partial charge in [-0.05, 0) is 38.5 Å². The lowest BCUT2D eigenvalue weighted by Gasteiger charge is -2.17. The highest BCUT2D eigenvalue weighted by atomic mass is 16.5. The molecule has 0 fully saturated rings. The van der Waals surface area contributed by atoms with Crippen LogP contribution in [0.15, 0.2) is 22.6 Å². The highest BCUT2D eigenvalue weighted by Gasteiger charge is 2.24. The maximum atomic E-state index is 9.23. The number of methoxy groups -OCH3 is 1. The fourth-order valence-corrected chi connectivity index (χ4v) is 1.99. The van der Waals surface area contributed by atoms with E-state index in [-0.39, 0.29) is 0 Å². The van der Waals surface area contributed by atoms with Crippen LogP contribution in [0.3, 0.4) is 0 Å². The molecule has 0 unspecified atom stereocenters. The van der Waals surface area contributed by atoms with Gasteiger partial charge in [-0.25, -0.2) is 0 Å². The van der Waals surface area contributed by atoms with E-state index in [2.05, 4.69) is 6.07 Å². The van der Waals surface area contributed by atoms with Crippen molar-refractivity contribution in [3.63, 3.8) is 0 Å². The second-order valence-electron chi connectivity index (χ2n) is 4.65. The van der Waals surface area contributed by atoms with Crippen LogP contribution in [0.5, 0.6) is 5.75 Å². The van der Waals surface area contributed by atoms with Crippen LogP contribution >= 0.6 is 0 Å². The van der Waals surface area contributed by atoms with Gasteiger partial charge in [-0.3, -0.25) is 0 Å². The second kappa shape index (κ2) is 3.81. The first-order chi connectivity index (χ1) is 7.99. The number of ether oxygens (including phenoxy) is 1. The lowest BCUT2D eigenvalue weighted by molar-refractivity contribution is 0.408. The highest BCUT2D eigenvalue weighted by molar-refractivity contribution is 5.88. The molecule has 1 heterocycles. The Kier molecular flexibility index (Phi) is 2.59. The van der Waals surface area contributed by atoms with Crippen molar-refractivity contribution in [1.82, 2.24) is 0 Å². The molecule has 1 aromatic heterocycles. The van der Waals surface area contributed by atoms with Gasteiger partial charge >= 0.3 is 0 Å². The molecule has 0 aliphatic rings. The molecule has 88 valence electrons. The van der Waals surface area contributed by atoms with Crippen LogP contribution in [0.25, 0.3) is 11.0 Å². The van der Waals surface area contributed by atoms with E-state index in [9.17, 15) is 5.26 Å². The fraction of sp³-hybridized carbons (Fsp3) is 0.357. The lowest BCUT2D eigenvalue weighted by Crippen LogP contribution is -2.14. The molecule has 1 aromatic carbocycles. The summed E-state index contributed by atoms with van der Waals surface area (Å²) in [6.45, 7) is 5.69. The molecule has 2 rings (SSSR count). The van der Waals surface area contributed by atoms with E-state index in [0.717, 1.165) is 16.7 Å². The van der Waals surface area contributed by atoms with Crippen molar-refractivity contribution < 1.29 is 9.15 Å². The Bertz CT molecular complexity index is 602. The summed E-state index contributed by atoms with van der Waals surface area (Å²) in [7, 11) is 1.61. The molecule has 0 N–H and O–H groups in total. The zero-order chi connectivity index (χ0) is 12.6. The van der Waals surface area contributed by atoms with E-state index in [1.165, 1.54) is 0 Å². The highest BCUT2D eigenvalue weighted by Crippen LogP contribution is 2.36. The minimum atomic E-state index is -0.541. The number of benzene rings is 1. The Hall–Kier alpha value is -1.95. The van der Waals surface area contributed by atoms with Crippen molar-refractivity contribution in [2.45, 2.75) is 26.2 Å². The van der Waals surface area contributed by atoms with Crippen LogP contribution in [-0.2, 0) is 5.41 Å². The van der Waals surface area contributed by atoms with Crippen LogP contribution in [0, 0.1) is 18.3 Å². The van der Waals surface area contributed by atoms with Gasteiger partial charge in [0.15, 0.2) is 11.3 Å². The number of hydrogen-bond donors (Lipinski definition) is 0. The Morgan fingerprint density at radius 3 is 2.65 bits per heavy atom. The van der Waals surface area contributed by atoms with Crippen LogP contribution in [0.1, 0.15) is 25.2 Å². The maximum Gasteiger partial charge on any atom is 0.176 e. The van der Waals surface area contributed by atoms with Gasteiger partial charge in [0.05, 0.1) is 18.6 Å². The molecular weight excluding hydrogens is 214 g/mol. The number of hydrogen-bond acceptors (Lipinski definition) is 3. The summed E-state index contributed by atoms with van der Waals surface area (Å²) >= 11 is 0. The van der Waals surface area contributed by atoms with Gasteiger partial charge in [0.2, 0.25) is 0 Å². The third-order valence-electron chi connectivity index (χ3n) is 2.94. The maximum absolute atomic E-state index is 9.23. The van der Waals surface area contributed by atoms with Crippen LogP contribution in [0.4, 0.5) is 0 Å². The van der Waals surface area contributed by atoms with Crippen molar-refractivity contribution in [2.24, 2.45) is 0 Å². The smallest absolute Gasteiger partial charge is 0.176 e. The molecule has 0 radical (unpaired) electrons. The first-order valence-electron chi connectivity index (χ1n) is 5.48.